The van der Waals surface area contributed by atoms with Crippen molar-refractivity contribution in [3.63, 3.8) is 0 Å². The monoisotopic (exact) mass is 345 g/mol. The van der Waals surface area contributed by atoms with Crippen LogP contribution in [0.3, 0.4) is 0 Å². The van der Waals surface area contributed by atoms with Gasteiger partial charge in [0.1, 0.15) is 0 Å². The van der Waals surface area contributed by atoms with Crippen molar-refractivity contribution in [3.05, 3.63) is 34.7 Å². The van der Waals surface area contributed by atoms with Gasteiger partial charge in [-0.05, 0) is 26.3 Å². The summed E-state index contributed by atoms with van der Waals surface area (Å²) in [6.07, 6.45) is 0.461. The number of amides is 2. The molecule has 126 valence electrons. The van der Waals surface area contributed by atoms with Gasteiger partial charge in [-0.3, -0.25) is 4.79 Å². The summed E-state index contributed by atoms with van der Waals surface area (Å²) < 4.78 is 0. The van der Waals surface area contributed by atoms with Crippen LogP contribution in [0.4, 0.5) is 10.5 Å². The quantitative estimate of drug-likeness (QED) is 0.892. The number of likely N-dealkylation sites (tertiary alicyclic amines) is 1. The Morgan fingerprint density at radius 3 is 2.75 bits per heavy atom. The molecule has 0 radical (unpaired) electrons. The fourth-order valence-corrected chi connectivity index (χ4v) is 3.42. The lowest BCUT2D eigenvalue weighted by Gasteiger charge is -2.21. The molecule has 6 nitrogen and oxygen atoms in total. The third-order valence-corrected chi connectivity index (χ3v) is 5.11. The third kappa shape index (κ3) is 3.12. The average molecular weight is 345 g/mol. The van der Waals surface area contributed by atoms with Gasteiger partial charge in [-0.1, -0.05) is 18.2 Å². The molecular weight excluding hydrogens is 326 g/mol. The van der Waals surface area contributed by atoms with Crippen LogP contribution >= 0.6 is 11.3 Å². The topological polar surface area (TPSA) is 82.5 Å². The Bertz CT molecular complexity index is 789. The second-order valence-corrected chi connectivity index (χ2v) is 7.33. The Morgan fingerprint density at radius 1 is 1.38 bits per heavy atom. The van der Waals surface area contributed by atoms with E-state index in [2.05, 4.69) is 10.3 Å². The van der Waals surface area contributed by atoms with E-state index in [1.807, 2.05) is 36.6 Å². The van der Waals surface area contributed by atoms with Gasteiger partial charge in [-0.2, -0.15) is 0 Å². The number of aromatic nitrogens is 1. The predicted octanol–water partition coefficient (Wildman–Crippen LogP) is 3.45. The van der Waals surface area contributed by atoms with E-state index in [0.717, 1.165) is 16.3 Å². The molecule has 2 amide bonds. The Hall–Kier alpha value is -2.41. The standard InChI is InChI=1S/C17H19N3O3S/c1-11-18-14(9-24-11)12-5-3-4-6-13(12)19-16(23)20-8-7-17(2,10-20)15(21)22/h3-6,9H,7-8,10H2,1-2H3,(H,19,23)(H,21,22). The highest BCUT2D eigenvalue weighted by atomic mass is 32.1. The summed E-state index contributed by atoms with van der Waals surface area (Å²) in [4.78, 5) is 29.9. The van der Waals surface area contributed by atoms with E-state index in [4.69, 9.17) is 0 Å². The molecule has 1 saturated heterocycles. The van der Waals surface area contributed by atoms with Crippen LogP contribution in [0.1, 0.15) is 18.4 Å². The zero-order valence-electron chi connectivity index (χ0n) is 13.6. The van der Waals surface area contributed by atoms with E-state index in [1.165, 1.54) is 0 Å². The van der Waals surface area contributed by atoms with Gasteiger partial charge >= 0.3 is 12.0 Å². The van der Waals surface area contributed by atoms with Crippen molar-refractivity contribution in [1.82, 2.24) is 9.88 Å². The van der Waals surface area contributed by atoms with Crippen LogP contribution in [-0.4, -0.2) is 40.1 Å². The van der Waals surface area contributed by atoms with Crippen molar-refractivity contribution >= 4 is 29.0 Å². The molecule has 1 aliphatic rings. The van der Waals surface area contributed by atoms with Crippen molar-refractivity contribution in [2.24, 2.45) is 5.41 Å². The van der Waals surface area contributed by atoms with Crippen LogP contribution in [0.2, 0.25) is 0 Å². The van der Waals surface area contributed by atoms with Gasteiger partial charge in [0.15, 0.2) is 0 Å². The number of urea groups is 1. The Morgan fingerprint density at radius 2 is 2.12 bits per heavy atom. The molecule has 2 heterocycles. The Kier molecular flexibility index (Phi) is 4.28. The van der Waals surface area contributed by atoms with Gasteiger partial charge in [0.25, 0.3) is 0 Å². The van der Waals surface area contributed by atoms with E-state index in [9.17, 15) is 14.7 Å². The molecule has 7 heteroatoms. The van der Waals surface area contributed by atoms with E-state index in [1.54, 1.807) is 23.2 Å². The van der Waals surface area contributed by atoms with Crippen molar-refractivity contribution in [2.45, 2.75) is 20.3 Å². The van der Waals surface area contributed by atoms with Crippen LogP contribution in [0, 0.1) is 12.3 Å². The number of aliphatic carboxylic acids is 1. The highest BCUT2D eigenvalue weighted by molar-refractivity contribution is 7.09. The minimum atomic E-state index is -0.872. The van der Waals surface area contributed by atoms with Crippen molar-refractivity contribution in [1.29, 1.82) is 0 Å². The molecule has 1 atom stereocenters. The Balaban J connectivity index is 1.78. The van der Waals surface area contributed by atoms with Crippen molar-refractivity contribution in [2.75, 3.05) is 18.4 Å². The molecular formula is C17H19N3O3S. The highest BCUT2D eigenvalue weighted by Crippen LogP contribution is 2.32. The zero-order chi connectivity index (χ0) is 17.3. The number of thiazole rings is 1. The number of hydrogen-bond acceptors (Lipinski definition) is 4. The number of aryl methyl sites for hydroxylation is 1. The number of carbonyl (C=O) groups is 2. The van der Waals surface area contributed by atoms with Crippen LogP contribution < -0.4 is 5.32 Å². The molecule has 1 fully saturated rings. The normalized spacial score (nSPS) is 20.2. The fourth-order valence-electron chi connectivity index (χ4n) is 2.81. The minimum absolute atomic E-state index is 0.214. The summed E-state index contributed by atoms with van der Waals surface area (Å²) in [5.41, 5.74) is 1.49. The lowest BCUT2D eigenvalue weighted by molar-refractivity contribution is -0.146. The van der Waals surface area contributed by atoms with E-state index >= 15 is 0 Å². The maximum Gasteiger partial charge on any atom is 0.321 e. The molecule has 3 rings (SSSR count). The summed E-state index contributed by atoms with van der Waals surface area (Å²) in [7, 11) is 0. The first-order valence-electron chi connectivity index (χ1n) is 7.70. The number of carbonyl (C=O) groups excluding carboxylic acids is 1. The zero-order valence-corrected chi connectivity index (χ0v) is 14.4. The van der Waals surface area contributed by atoms with E-state index in [0.29, 0.717) is 18.7 Å². The fraction of sp³-hybridized carbons (Fsp3) is 0.353. The first-order chi connectivity index (χ1) is 11.4. The summed E-state index contributed by atoms with van der Waals surface area (Å²) in [6.45, 7) is 4.26. The van der Waals surface area contributed by atoms with Crippen LogP contribution in [0.5, 0.6) is 0 Å². The molecule has 1 aromatic heterocycles. The number of carboxylic acids is 1. The van der Waals surface area contributed by atoms with E-state index < -0.39 is 11.4 Å². The molecule has 0 bridgehead atoms. The van der Waals surface area contributed by atoms with Gasteiger partial charge in [0, 0.05) is 24.0 Å². The summed E-state index contributed by atoms with van der Waals surface area (Å²) in [5, 5.41) is 15.1. The van der Waals surface area contributed by atoms with Gasteiger partial charge < -0.3 is 15.3 Å². The summed E-state index contributed by atoms with van der Waals surface area (Å²) in [5.74, 6) is -0.865. The molecule has 1 aromatic carbocycles. The third-order valence-electron chi connectivity index (χ3n) is 4.34. The van der Waals surface area contributed by atoms with Gasteiger partial charge in [0.2, 0.25) is 0 Å². The molecule has 1 unspecified atom stereocenters. The summed E-state index contributed by atoms with van der Waals surface area (Å²) in [6, 6.07) is 7.21. The highest BCUT2D eigenvalue weighted by Gasteiger charge is 2.42. The summed E-state index contributed by atoms with van der Waals surface area (Å²) >= 11 is 1.56. The van der Waals surface area contributed by atoms with Crippen LogP contribution in [-0.2, 0) is 4.79 Å². The lowest BCUT2D eigenvalue weighted by atomic mass is 9.90. The molecule has 2 aromatic rings. The first-order valence-corrected chi connectivity index (χ1v) is 8.58. The second-order valence-electron chi connectivity index (χ2n) is 6.26. The SMILES string of the molecule is Cc1nc(-c2ccccc2NC(=O)N2CCC(C)(C(=O)O)C2)cs1. The number of anilines is 1. The smallest absolute Gasteiger partial charge is 0.321 e. The van der Waals surface area contributed by atoms with Gasteiger partial charge in [-0.15, -0.1) is 11.3 Å². The number of nitrogens with zero attached hydrogens (tertiary/aromatic N) is 2. The predicted molar refractivity (Wildman–Crippen MR) is 93.2 cm³/mol. The largest absolute Gasteiger partial charge is 0.481 e. The van der Waals surface area contributed by atoms with Crippen molar-refractivity contribution < 1.29 is 14.7 Å². The van der Waals surface area contributed by atoms with Crippen LogP contribution in [0.15, 0.2) is 29.6 Å². The average Bonchev–Trinajstić information content (AvgIpc) is 3.15. The first kappa shape index (κ1) is 16.4. The number of para-hydroxylation sites is 1. The Labute approximate surface area is 144 Å². The molecule has 0 spiro atoms. The molecule has 0 saturated carbocycles. The minimum Gasteiger partial charge on any atom is -0.481 e. The molecule has 0 aliphatic carbocycles. The number of benzene rings is 1. The van der Waals surface area contributed by atoms with Gasteiger partial charge in [0.05, 0.1) is 21.8 Å². The maximum atomic E-state index is 12.5. The molecule has 24 heavy (non-hydrogen) atoms. The van der Waals surface area contributed by atoms with Crippen molar-refractivity contribution in [3.8, 4) is 11.3 Å². The second kappa shape index (κ2) is 6.24. The number of carboxylic acid groups (broad SMARTS) is 1. The van der Waals surface area contributed by atoms with Gasteiger partial charge in [-0.25, -0.2) is 9.78 Å². The molecule has 1 aliphatic heterocycles. The number of nitrogens with one attached hydrogen (secondary N) is 1. The number of rotatable bonds is 3. The maximum absolute atomic E-state index is 12.5. The van der Waals surface area contributed by atoms with E-state index in [-0.39, 0.29) is 12.6 Å². The van der Waals surface area contributed by atoms with Crippen LogP contribution in [0.25, 0.3) is 11.3 Å². The number of hydrogen-bond donors (Lipinski definition) is 2. The lowest BCUT2D eigenvalue weighted by Crippen LogP contribution is -2.37. The molecule has 2 N–H and O–H groups in total.